The summed E-state index contributed by atoms with van der Waals surface area (Å²) in [4.78, 5) is 23.7. The van der Waals surface area contributed by atoms with E-state index in [1.54, 1.807) is 0 Å². The summed E-state index contributed by atoms with van der Waals surface area (Å²) in [5.74, 6) is -45.5. The van der Waals surface area contributed by atoms with Crippen molar-refractivity contribution in [1.29, 1.82) is 0 Å². The highest BCUT2D eigenvalue weighted by Gasteiger charge is 2.89. The molecule has 0 unspecified atom stereocenters. The van der Waals surface area contributed by atoms with Crippen molar-refractivity contribution in [2.24, 2.45) is 5.41 Å². The highest BCUT2D eigenvalue weighted by molar-refractivity contribution is 5.93. The van der Waals surface area contributed by atoms with Crippen LogP contribution in [0.15, 0.2) is 18.2 Å². The van der Waals surface area contributed by atoms with Crippen LogP contribution in [0.3, 0.4) is 0 Å². The lowest BCUT2D eigenvalue weighted by Crippen LogP contribution is -2.70. The Kier molecular flexibility index (Phi) is 9.50. The van der Waals surface area contributed by atoms with Crippen molar-refractivity contribution >= 4 is 23.0 Å². The summed E-state index contributed by atoms with van der Waals surface area (Å²) in [5.41, 5.74) is -1.47. The number of halogens is 12. The van der Waals surface area contributed by atoms with Crippen molar-refractivity contribution in [3.8, 4) is 0 Å². The van der Waals surface area contributed by atoms with Gasteiger partial charge in [0.1, 0.15) is 11.0 Å². The second kappa shape index (κ2) is 11.4. The number of nitrogens with one attached hydrogen (secondary N) is 1. The van der Waals surface area contributed by atoms with E-state index < -0.39 is 84.5 Å². The number of hydrogen-bond donors (Lipinski definition) is 1. The minimum atomic E-state index is -7.78. The van der Waals surface area contributed by atoms with Crippen LogP contribution in [0.4, 0.5) is 52.7 Å². The topological polar surface area (TPSA) is 94.2 Å². The lowest BCUT2D eigenvalue weighted by Gasteiger charge is -2.41. The van der Waals surface area contributed by atoms with E-state index >= 15 is 0 Å². The molecule has 0 radical (unpaired) electrons. The molecule has 1 aromatic carbocycles. The summed E-state index contributed by atoms with van der Waals surface area (Å²) in [6, 6.07) is 3.20. The molecule has 0 saturated heterocycles. The van der Waals surface area contributed by atoms with Crippen LogP contribution in [0.2, 0.25) is 0 Å². The van der Waals surface area contributed by atoms with Gasteiger partial charge in [0.05, 0.1) is 37.0 Å². The zero-order chi connectivity index (χ0) is 32.6. The van der Waals surface area contributed by atoms with Crippen LogP contribution in [-0.4, -0.2) is 76.1 Å². The van der Waals surface area contributed by atoms with Crippen LogP contribution in [0.5, 0.6) is 0 Å². The van der Waals surface area contributed by atoms with Gasteiger partial charge in [-0.25, -0.2) is 4.79 Å². The molecule has 0 aliphatic heterocycles. The fraction of sp³-hybridized carbons (Fsp3) is 0.652. The van der Waals surface area contributed by atoms with Crippen LogP contribution in [-0.2, 0) is 14.3 Å². The van der Waals surface area contributed by atoms with Crippen molar-refractivity contribution in [3.63, 3.8) is 0 Å². The first kappa shape index (κ1) is 34.9. The van der Waals surface area contributed by atoms with E-state index in [2.05, 4.69) is 24.9 Å². The number of esters is 2. The molecule has 0 saturated carbocycles. The molecule has 0 aliphatic carbocycles. The summed E-state index contributed by atoms with van der Waals surface area (Å²) in [5, 5.41) is 9.37. The number of nitrogens with zero attached hydrogens (tertiary/aromatic N) is 2. The molecular formula is C23H23F12N3O4. The number of aromatic amines is 1. The lowest BCUT2D eigenvalue weighted by atomic mass is 9.89. The Morgan fingerprint density at radius 1 is 0.714 bits per heavy atom. The summed E-state index contributed by atoms with van der Waals surface area (Å²) < 4.78 is 178. The quantitative estimate of drug-likeness (QED) is 0.184. The predicted molar refractivity (Wildman–Crippen MR) is 118 cm³/mol. The number of aromatic nitrogens is 3. The van der Waals surface area contributed by atoms with Gasteiger partial charge < -0.3 is 9.47 Å². The molecule has 19 heteroatoms. The molecule has 7 nitrogen and oxygen atoms in total. The van der Waals surface area contributed by atoms with Crippen LogP contribution in [0.25, 0.3) is 11.0 Å². The number of carbonyl (C=O) groups excluding carboxylic acids is 2. The third-order valence-corrected chi connectivity index (χ3v) is 6.39. The van der Waals surface area contributed by atoms with Gasteiger partial charge in [0.2, 0.25) is 0 Å². The van der Waals surface area contributed by atoms with E-state index in [0.717, 1.165) is 12.1 Å². The molecule has 0 bridgehead atoms. The smallest absolute Gasteiger partial charge is 0.384 e. The first-order chi connectivity index (χ1) is 18.9. The Bertz CT molecular complexity index is 1280. The zero-order valence-electron chi connectivity index (χ0n) is 21.8. The van der Waals surface area contributed by atoms with Gasteiger partial charge in [0.15, 0.2) is 0 Å². The first-order valence-electron chi connectivity index (χ1n) is 11.8. The molecule has 1 N–H and O–H groups in total. The summed E-state index contributed by atoms with van der Waals surface area (Å²) >= 11 is 0. The van der Waals surface area contributed by atoms with Crippen molar-refractivity contribution in [3.05, 3.63) is 23.8 Å². The van der Waals surface area contributed by atoms with E-state index in [4.69, 9.17) is 0 Å². The Labute approximate surface area is 228 Å². The van der Waals surface area contributed by atoms with Crippen molar-refractivity contribution in [1.82, 2.24) is 15.4 Å². The van der Waals surface area contributed by atoms with Crippen LogP contribution < -0.4 is 0 Å². The number of alkyl halides is 12. The largest absolute Gasteiger partial charge is 0.465 e. The number of carbonyl (C=O) groups is 2. The molecule has 2 rings (SSSR count). The normalized spacial score (nSPS) is 14.3. The van der Waals surface area contributed by atoms with Gasteiger partial charge in [-0.1, -0.05) is 6.92 Å². The Hall–Kier alpha value is -3.28. The SMILES string of the molecule is CCC(C)(C)C(=O)OCCC(F)(F)C(F)(F)C(F)(F)C(F)(F)C(F)(F)C(F)(F)CCOC(=O)c1ccc2n[nH]nc2c1. The van der Waals surface area contributed by atoms with Crippen LogP contribution >= 0.6 is 0 Å². The van der Waals surface area contributed by atoms with Gasteiger partial charge in [-0.2, -0.15) is 68.1 Å². The second-order valence-electron chi connectivity index (χ2n) is 9.74. The third-order valence-electron chi connectivity index (χ3n) is 6.39. The maximum Gasteiger partial charge on any atom is 0.384 e. The maximum atomic E-state index is 14.1. The average Bonchev–Trinajstić information content (AvgIpc) is 3.35. The Balaban J connectivity index is 2.17. The highest BCUT2D eigenvalue weighted by atomic mass is 19.4. The second-order valence-corrected chi connectivity index (χ2v) is 9.74. The number of ether oxygens (including phenoxy) is 2. The molecule has 1 aromatic heterocycles. The minimum absolute atomic E-state index is 0.0453. The van der Waals surface area contributed by atoms with Gasteiger partial charge in [0, 0.05) is 0 Å². The molecule has 238 valence electrons. The van der Waals surface area contributed by atoms with Gasteiger partial charge in [0.25, 0.3) is 0 Å². The molecular weight excluding hydrogens is 610 g/mol. The fourth-order valence-corrected chi connectivity index (χ4v) is 3.10. The van der Waals surface area contributed by atoms with Crippen LogP contribution in [0.1, 0.15) is 50.4 Å². The lowest BCUT2D eigenvalue weighted by molar-refractivity contribution is -0.426. The van der Waals surface area contributed by atoms with Gasteiger partial charge in [-0.3, -0.25) is 4.79 Å². The van der Waals surface area contributed by atoms with Crippen molar-refractivity contribution in [2.75, 3.05) is 13.2 Å². The average molecular weight is 633 g/mol. The fourth-order valence-electron chi connectivity index (χ4n) is 3.10. The highest BCUT2D eigenvalue weighted by Crippen LogP contribution is 2.60. The summed E-state index contributed by atoms with van der Waals surface area (Å²) in [6.45, 7) is 0.362. The van der Waals surface area contributed by atoms with Crippen molar-refractivity contribution < 1.29 is 71.7 Å². The maximum absolute atomic E-state index is 14.1. The molecule has 42 heavy (non-hydrogen) atoms. The van der Waals surface area contributed by atoms with E-state index in [9.17, 15) is 62.3 Å². The van der Waals surface area contributed by atoms with Gasteiger partial charge in [-0.15, -0.1) is 0 Å². The number of fused-ring (bicyclic) bond motifs is 1. The Morgan fingerprint density at radius 2 is 1.17 bits per heavy atom. The molecule has 0 aliphatic rings. The van der Waals surface area contributed by atoms with E-state index in [1.165, 1.54) is 26.8 Å². The number of benzene rings is 1. The molecule has 2 aromatic rings. The molecule has 0 spiro atoms. The third kappa shape index (κ3) is 6.09. The predicted octanol–water partition coefficient (Wildman–Crippen LogP) is 6.69. The van der Waals surface area contributed by atoms with Crippen LogP contribution in [0, 0.1) is 5.41 Å². The zero-order valence-corrected chi connectivity index (χ0v) is 21.8. The van der Waals surface area contributed by atoms with Gasteiger partial charge >= 0.3 is 47.5 Å². The molecule has 0 amide bonds. The molecule has 0 fully saturated rings. The monoisotopic (exact) mass is 633 g/mol. The van der Waals surface area contributed by atoms with Crippen molar-refractivity contribution in [2.45, 2.75) is 75.6 Å². The first-order valence-corrected chi connectivity index (χ1v) is 11.8. The number of H-pyrrole nitrogens is 1. The number of rotatable bonds is 14. The molecule has 1 heterocycles. The standard InChI is InChI=1S/C23H23F12N3O4/c1-4-17(2,3)16(40)42-10-8-19(26,27)21(30,31)23(34,35)22(32,33)20(28,29)18(24,25)7-9-41-15(39)12-5-6-13-14(11-12)37-38-36-13/h5-6,11H,4,7-10H2,1-3H3,(H,36,37,38). The minimum Gasteiger partial charge on any atom is -0.465 e. The van der Waals surface area contributed by atoms with E-state index in [1.807, 2.05) is 0 Å². The number of hydrogen-bond acceptors (Lipinski definition) is 6. The Morgan fingerprint density at radius 3 is 1.64 bits per heavy atom. The summed E-state index contributed by atoms with van der Waals surface area (Å²) in [6.07, 6.45) is -5.10. The van der Waals surface area contributed by atoms with E-state index in [-0.39, 0.29) is 17.5 Å². The van der Waals surface area contributed by atoms with E-state index in [0.29, 0.717) is 0 Å². The molecule has 0 atom stereocenters. The summed E-state index contributed by atoms with van der Waals surface area (Å²) in [7, 11) is 0. The van der Waals surface area contributed by atoms with Gasteiger partial charge in [-0.05, 0) is 38.5 Å².